The summed E-state index contributed by atoms with van der Waals surface area (Å²) in [5.41, 5.74) is -1.20. The SMILES string of the molecule is CC(O)(CNC(=O)CCSc1ccccn1)c1ccco1. The zero-order chi connectivity index (χ0) is 15.1. The average molecular weight is 306 g/mol. The van der Waals surface area contributed by atoms with E-state index in [4.69, 9.17) is 4.42 Å². The van der Waals surface area contributed by atoms with Crippen LogP contribution >= 0.6 is 11.8 Å². The lowest BCUT2D eigenvalue weighted by atomic mass is 10.0. The second kappa shape index (κ2) is 7.28. The summed E-state index contributed by atoms with van der Waals surface area (Å²) in [7, 11) is 0. The highest BCUT2D eigenvalue weighted by Crippen LogP contribution is 2.20. The molecule has 0 fully saturated rings. The molecular weight excluding hydrogens is 288 g/mol. The molecule has 0 saturated heterocycles. The van der Waals surface area contributed by atoms with Crippen molar-refractivity contribution in [2.75, 3.05) is 12.3 Å². The van der Waals surface area contributed by atoms with Gasteiger partial charge >= 0.3 is 0 Å². The molecule has 1 atom stereocenters. The van der Waals surface area contributed by atoms with E-state index in [1.54, 1.807) is 25.3 Å². The normalized spacial score (nSPS) is 13.6. The Labute approximate surface area is 127 Å². The largest absolute Gasteiger partial charge is 0.466 e. The Morgan fingerprint density at radius 2 is 2.29 bits per heavy atom. The van der Waals surface area contributed by atoms with Crippen LogP contribution in [0.25, 0.3) is 0 Å². The number of amides is 1. The van der Waals surface area contributed by atoms with Crippen molar-refractivity contribution in [2.24, 2.45) is 0 Å². The summed E-state index contributed by atoms with van der Waals surface area (Å²) in [5, 5.41) is 13.8. The molecule has 0 aliphatic heterocycles. The fourth-order valence-corrected chi connectivity index (χ4v) is 2.52. The lowest BCUT2D eigenvalue weighted by Gasteiger charge is -2.21. The summed E-state index contributed by atoms with van der Waals surface area (Å²) in [6.07, 6.45) is 3.59. The lowest BCUT2D eigenvalue weighted by molar-refractivity contribution is -0.122. The quantitative estimate of drug-likeness (QED) is 0.767. The maximum atomic E-state index is 11.8. The summed E-state index contributed by atoms with van der Waals surface area (Å²) in [6, 6.07) is 9.06. The van der Waals surface area contributed by atoms with Gasteiger partial charge in [-0.1, -0.05) is 6.07 Å². The molecule has 112 valence electrons. The molecule has 2 aromatic rings. The van der Waals surface area contributed by atoms with Gasteiger partial charge in [0.25, 0.3) is 0 Å². The number of aliphatic hydroxyl groups is 1. The van der Waals surface area contributed by atoms with Crippen LogP contribution in [0, 0.1) is 0 Å². The Balaban J connectivity index is 1.70. The molecule has 0 aliphatic rings. The van der Waals surface area contributed by atoms with Crippen molar-refractivity contribution in [3.63, 3.8) is 0 Å². The number of thioether (sulfide) groups is 1. The maximum Gasteiger partial charge on any atom is 0.220 e. The molecule has 6 heteroatoms. The van der Waals surface area contributed by atoms with E-state index in [2.05, 4.69) is 10.3 Å². The molecule has 2 N–H and O–H groups in total. The smallest absolute Gasteiger partial charge is 0.220 e. The van der Waals surface area contributed by atoms with Gasteiger partial charge in [-0.05, 0) is 31.2 Å². The van der Waals surface area contributed by atoms with E-state index in [0.717, 1.165) is 5.03 Å². The van der Waals surface area contributed by atoms with E-state index in [-0.39, 0.29) is 12.5 Å². The van der Waals surface area contributed by atoms with Crippen LogP contribution in [0.15, 0.2) is 52.2 Å². The Hall–Kier alpha value is -1.79. The average Bonchev–Trinajstić information content (AvgIpc) is 3.01. The van der Waals surface area contributed by atoms with Crippen LogP contribution in [0.2, 0.25) is 0 Å². The summed E-state index contributed by atoms with van der Waals surface area (Å²) in [6.45, 7) is 1.72. The van der Waals surface area contributed by atoms with Gasteiger partial charge in [-0.3, -0.25) is 4.79 Å². The fourth-order valence-electron chi connectivity index (χ4n) is 1.71. The molecule has 5 nitrogen and oxygen atoms in total. The van der Waals surface area contributed by atoms with E-state index in [0.29, 0.717) is 17.9 Å². The number of nitrogens with one attached hydrogen (secondary N) is 1. The molecular formula is C15H18N2O3S. The Bertz CT molecular complexity index is 556. The molecule has 0 aliphatic carbocycles. The molecule has 0 radical (unpaired) electrons. The molecule has 0 saturated carbocycles. The van der Waals surface area contributed by atoms with Crippen LogP contribution in [-0.4, -0.2) is 28.3 Å². The third kappa shape index (κ3) is 4.91. The molecule has 2 heterocycles. The van der Waals surface area contributed by atoms with Gasteiger partial charge < -0.3 is 14.8 Å². The molecule has 0 spiro atoms. The van der Waals surface area contributed by atoms with Crippen molar-refractivity contribution in [3.05, 3.63) is 48.6 Å². The van der Waals surface area contributed by atoms with Gasteiger partial charge in [0, 0.05) is 18.4 Å². The van der Waals surface area contributed by atoms with E-state index < -0.39 is 5.60 Å². The molecule has 2 rings (SSSR count). The van der Waals surface area contributed by atoms with E-state index >= 15 is 0 Å². The maximum absolute atomic E-state index is 11.8. The Morgan fingerprint density at radius 1 is 1.43 bits per heavy atom. The zero-order valence-corrected chi connectivity index (χ0v) is 12.6. The first-order chi connectivity index (χ1) is 10.1. The first-order valence-corrected chi connectivity index (χ1v) is 7.63. The van der Waals surface area contributed by atoms with Gasteiger partial charge in [-0.25, -0.2) is 4.98 Å². The van der Waals surface area contributed by atoms with Gasteiger partial charge in [0.05, 0.1) is 17.8 Å². The summed E-state index contributed by atoms with van der Waals surface area (Å²) >= 11 is 1.53. The van der Waals surface area contributed by atoms with E-state index in [1.165, 1.54) is 18.0 Å². The third-order valence-electron chi connectivity index (χ3n) is 2.90. The number of aromatic nitrogens is 1. The van der Waals surface area contributed by atoms with Gasteiger partial charge in [-0.15, -0.1) is 11.8 Å². The van der Waals surface area contributed by atoms with Crippen LogP contribution in [0.5, 0.6) is 0 Å². The van der Waals surface area contributed by atoms with Gasteiger partial charge in [0.2, 0.25) is 5.91 Å². The first-order valence-electron chi connectivity index (χ1n) is 6.65. The van der Waals surface area contributed by atoms with Gasteiger partial charge in [0.15, 0.2) is 0 Å². The van der Waals surface area contributed by atoms with Crippen molar-refractivity contribution < 1.29 is 14.3 Å². The summed E-state index contributed by atoms with van der Waals surface area (Å²) in [5.74, 6) is 0.974. The molecule has 1 unspecified atom stereocenters. The van der Waals surface area contributed by atoms with Crippen molar-refractivity contribution in [3.8, 4) is 0 Å². The zero-order valence-electron chi connectivity index (χ0n) is 11.8. The molecule has 21 heavy (non-hydrogen) atoms. The number of hydrogen-bond acceptors (Lipinski definition) is 5. The van der Waals surface area contributed by atoms with Crippen molar-refractivity contribution >= 4 is 17.7 Å². The highest BCUT2D eigenvalue weighted by molar-refractivity contribution is 7.99. The topological polar surface area (TPSA) is 75.4 Å². The highest BCUT2D eigenvalue weighted by atomic mass is 32.2. The van der Waals surface area contributed by atoms with Crippen molar-refractivity contribution in [2.45, 2.75) is 24.0 Å². The predicted molar refractivity (Wildman–Crippen MR) is 80.9 cm³/mol. The minimum atomic E-state index is -1.20. The minimum absolute atomic E-state index is 0.106. The molecule has 2 aromatic heterocycles. The van der Waals surface area contributed by atoms with Crippen LogP contribution in [0.1, 0.15) is 19.1 Å². The summed E-state index contributed by atoms with van der Waals surface area (Å²) in [4.78, 5) is 15.9. The number of pyridine rings is 1. The number of carbonyl (C=O) groups is 1. The fraction of sp³-hybridized carbons (Fsp3) is 0.333. The molecule has 0 aromatic carbocycles. The van der Waals surface area contributed by atoms with Crippen LogP contribution in [0.3, 0.4) is 0 Å². The molecule has 0 bridgehead atoms. The third-order valence-corrected chi connectivity index (χ3v) is 3.84. The standard InChI is InChI=1S/C15H18N2O3S/c1-15(19,12-5-4-9-20-12)11-17-13(18)7-10-21-14-6-2-3-8-16-14/h2-6,8-9,19H,7,10-11H2,1H3,(H,17,18). The molecule has 1 amide bonds. The Morgan fingerprint density at radius 3 is 2.95 bits per heavy atom. The number of furan rings is 1. The second-order valence-corrected chi connectivity index (χ2v) is 5.91. The van der Waals surface area contributed by atoms with Crippen LogP contribution < -0.4 is 5.32 Å². The number of rotatable bonds is 7. The minimum Gasteiger partial charge on any atom is -0.466 e. The van der Waals surface area contributed by atoms with Gasteiger partial charge in [0.1, 0.15) is 11.4 Å². The Kier molecular flexibility index (Phi) is 5.41. The van der Waals surface area contributed by atoms with Crippen molar-refractivity contribution in [1.82, 2.24) is 10.3 Å². The van der Waals surface area contributed by atoms with Crippen LogP contribution in [0.4, 0.5) is 0 Å². The number of hydrogen-bond donors (Lipinski definition) is 2. The van der Waals surface area contributed by atoms with E-state index in [9.17, 15) is 9.90 Å². The first kappa shape index (κ1) is 15.6. The van der Waals surface area contributed by atoms with Crippen molar-refractivity contribution in [1.29, 1.82) is 0 Å². The summed E-state index contributed by atoms with van der Waals surface area (Å²) < 4.78 is 5.16. The van der Waals surface area contributed by atoms with E-state index in [1.807, 2.05) is 18.2 Å². The number of nitrogens with zero attached hydrogens (tertiary/aromatic N) is 1. The van der Waals surface area contributed by atoms with Gasteiger partial charge in [-0.2, -0.15) is 0 Å². The predicted octanol–water partition coefficient (Wildman–Crippen LogP) is 2.18. The highest BCUT2D eigenvalue weighted by Gasteiger charge is 2.26. The van der Waals surface area contributed by atoms with Crippen LogP contribution in [-0.2, 0) is 10.4 Å². The lowest BCUT2D eigenvalue weighted by Crippen LogP contribution is -2.38. The number of carbonyl (C=O) groups excluding carboxylic acids is 1. The second-order valence-electron chi connectivity index (χ2n) is 4.79. The monoisotopic (exact) mass is 306 g/mol.